The molecule has 1 aliphatic heterocycles. The number of hydrogen-bond donors (Lipinski definition) is 1. The van der Waals surface area contributed by atoms with Crippen LogP contribution in [-0.4, -0.2) is 4.57 Å². The molecule has 2 aliphatic rings. The number of aryl methyl sites for hydroxylation is 1. The van der Waals surface area contributed by atoms with Crippen LogP contribution in [0.25, 0.3) is 38.6 Å². The Kier molecular flexibility index (Phi) is 8.76. The predicted molar refractivity (Wildman–Crippen MR) is 230 cm³/mol. The maximum Gasteiger partial charge on any atom is 0.0701 e. The van der Waals surface area contributed by atoms with Gasteiger partial charge >= 0.3 is 0 Å². The van der Waals surface area contributed by atoms with E-state index in [1.807, 2.05) is 30.1 Å². The number of fused-ring (bicyclic) bond motifs is 4. The Balaban J connectivity index is 1.42. The van der Waals surface area contributed by atoms with Crippen molar-refractivity contribution in [1.82, 2.24) is 9.88 Å². The summed E-state index contributed by atoms with van der Waals surface area (Å²) in [6, 6.07) is 52.0. The van der Waals surface area contributed by atoms with Crippen molar-refractivity contribution in [2.24, 2.45) is 0 Å². The fourth-order valence-electron chi connectivity index (χ4n) is 9.15. The SMILES string of the molecule is C=C/C=C\NC1=CC2=C(C1)C(c1ccccc1C(C)CC)(c1c(C)cccc1-c1cccc3c1c1ccccc1n3-c1ccccc1)c1ccccc1S2. The van der Waals surface area contributed by atoms with Crippen LogP contribution in [0.15, 0.2) is 192 Å². The van der Waals surface area contributed by atoms with Crippen LogP contribution >= 0.6 is 11.8 Å². The van der Waals surface area contributed by atoms with E-state index < -0.39 is 5.41 Å². The molecule has 0 spiro atoms. The minimum absolute atomic E-state index is 0.381. The predicted octanol–water partition coefficient (Wildman–Crippen LogP) is 13.5. The Labute approximate surface area is 323 Å². The van der Waals surface area contributed by atoms with Crippen molar-refractivity contribution in [3.8, 4) is 16.8 Å². The maximum absolute atomic E-state index is 3.91. The van der Waals surface area contributed by atoms with Crippen LogP contribution in [0.5, 0.6) is 0 Å². The second-order valence-electron chi connectivity index (χ2n) is 14.6. The minimum Gasteiger partial charge on any atom is -0.365 e. The van der Waals surface area contributed by atoms with Crippen LogP contribution in [-0.2, 0) is 5.41 Å². The van der Waals surface area contributed by atoms with E-state index in [0.717, 1.165) is 12.8 Å². The summed E-state index contributed by atoms with van der Waals surface area (Å²) in [7, 11) is 0. The molecule has 2 atom stereocenters. The highest BCUT2D eigenvalue weighted by Crippen LogP contribution is 2.62. The number of allylic oxidation sites excluding steroid dienone is 4. The van der Waals surface area contributed by atoms with Gasteiger partial charge in [-0.3, -0.25) is 0 Å². The summed E-state index contributed by atoms with van der Waals surface area (Å²) < 4.78 is 2.43. The van der Waals surface area contributed by atoms with Crippen molar-refractivity contribution in [2.45, 2.75) is 49.8 Å². The van der Waals surface area contributed by atoms with Gasteiger partial charge in [0.25, 0.3) is 0 Å². The number of benzene rings is 6. The Morgan fingerprint density at radius 3 is 2.31 bits per heavy atom. The average Bonchev–Trinajstić information content (AvgIpc) is 3.79. The Hall–Kier alpha value is -5.77. The third-order valence-corrected chi connectivity index (χ3v) is 12.8. The normalized spacial score (nSPS) is 17.1. The molecule has 1 aliphatic carbocycles. The maximum atomic E-state index is 3.91. The van der Waals surface area contributed by atoms with E-state index in [0.29, 0.717) is 5.92 Å². The van der Waals surface area contributed by atoms with E-state index in [-0.39, 0.29) is 0 Å². The molecule has 3 heteroatoms. The monoisotopic (exact) mass is 716 g/mol. The van der Waals surface area contributed by atoms with Crippen molar-refractivity contribution < 1.29 is 0 Å². The lowest BCUT2D eigenvalue weighted by Crippen LogP contribution is -2.37. The summed E-state index contributed by atoms with van der Waals surface area (Å²) in [5.41, 5.74) is 15.0. The summed E-state index contributed by atoms with van der Waals surface area (Å²) in [5, 5.41) is 6.17. The molecule has 1 aromatic heterocycles. The van der Waals surface area contributed by atoms with Crippen molar-refractivity contribution in [1.29, 1.82) is 0 Å². The smallest absolute Gasteiger partial charge is 0.0701 e. The fourth-order valence-corrected chi connectivity index (χ4v) is 10.4. The van der Waals surface area contributed by atoms with Gasteiger partial charge in [-0.1, -0.05) is 147 Å². The third-order valence-electron chi connectivity index (χ3n) is 11.6. The first-order chi connectivity index (χ1) is 26.6. The van der Waals surface area contributed by atoms with Gasteiger partial charge in [0.1, 0.15) is 0 Å². The third kappa shape index (κ3) is 5.25. The molecule has 2 heterocycles. The van der Waals surface area contributed by atoms with Crippen LogP contribution in [0.4, 0.5) is 0 Å². The van der Waals surface area contributed by atoms with Gasteiger partial charge in [-0.2, -0.15) is 0 Å². The van der Waals surface area contributed by atoms with Crippen molar-refractivity contribution in [2.75, 3.05) is 0 Å². The van der Waals surface area contributed by atoms with Crippen LogP contribution < -0.4 is 5.32 Å². The highest BCUT2D eigenvalue weighted by molar-refractivity contribution is 8.03. The minimum atomic E-state index is -0.556. The summed E-state index contributed by atoms with van der Waals surface area (Å²) >= 11 is 1.91. The molecule has 54 heavy (non-hydrogen) atoms. The molecule has 2 unspecified atom stereocenters. The summed E-state index contributed by atoms with van der Waals surface area (Å²) in [4.78, 5) is 2.64. The molecule has 7 aromatic rings. The van der Waals surface area contributed by atoms with E-state index in [1.165, 1.54) is 87.5 Å². The lowest BCUT2D eigenvalue weighted by Gasteiger charge is -2.45. The van der Waals surface area contributed by atoms with Gasteiger partial charge in [0.15, 0.2) is 0 Å². The fraction of sp³-hybridized carbons (Fsp3) is 0.137. The van der Waals surface area contributed by atoms with Gasteiger partial charge in [-0.25, -0.2) is 0 Å². The van der Waals surface area contributed by atoms with Gasteiger partial charge in [0, 0.05) is 44.6 Å². The number of aromatic nitrogens is 1. The molecule has 0 fully saturated rings. The molecule has 1 N–H and O–H groups in total. The average molecular weight is 717 g/mol. The van der Waals surface area contributed by atoms with E-state index >= 15 is 0 Å². The summed E-state index contributed by atoms with van der Waals surface area (Å²) in [5.74, 6) is 0.381. The summed E-state index contributed by atoms with van der Waals surface area (Å²) in [6.07, 6.45) is 10.1. The molecule has 0 amide bonds. The number of nitrogens with zero attached hydrogens (tertiary/aromatic N) is 1. The zero-order valence-electron chi connectivity index (χ0n) is 31.1. The van der Waals surface area contributed by atoms with Crippen LogP contribution in [0.1, 0.15) is 60.4 Å². The largest absolute Gasteiger partial charge is 0.365 e. The second kappa shape index (κ2) is 13.9. The van der Waals surface area contributed by atoms with Gasteiger partial charge in [0.05, 0.1) is 16.4 Å². The Bertz CT molecular complexity index is 2670. The number of para-hydroxylation sites is 2. The van der Waals surface area contributed by atoms with Gasteiger partial charge < -0.3 is 9.88 Å². The zero-order chi connectivity index (χ0) is 36.8. The molecular weight excluding hydrogens is 673 g/mol. The Morgan fingerprint density at radius 2 is 1.48 bits per heavy atom. The highest BCUT2D eigenvalue weighted by atomic mass is 32.2. The van der Waals surface area contributed by atoms with Crippen LogP contribution in [0.2, 0.25) is 0 Å². The molecule has 0 saturated heterocycles. The van der Waals surface area contributed by atoms with Crippen molar-refractivity contribution >= 4 is 33.6 Å². The quantitative estimate of drug-likeness (QED) is 0.150. The topological polar surface area (TPSA) is 17.0 Å². The lowest BCUT2D eigenvalue weighted by molar-refractivity contribution is 0.643. The van der Waals surface area contributed by atoms with Gasteiger partial charge in [-0.05, 0) is 106 Å². The highest BCUT2D eigenvalue weighted by Gasteiger charge is 2.50. The van der Waals surface area contributed by atoms with Crippen LogP contribution in [0, 0.1) is 6.92 Å². The first kappa shape index (κ1) is 34.0. The van der Waals surface area contributed by atoms with Crippen molar-refractivity contribution in [3.05, 3.63) is 215 Å². The standard InChI is InChI=1S/C51H44N2S/c1-5-7-31-52-36-32-44-48(33-36)54-47-30-16-14-27-43(47)51(44,42-26-13-11-22-38(42)34(3)6-2)50-35(4)19-17-25-40(50)39-24-18-29-46-49(39)41-23-12-15-28-45(41)53(46)37-20-9-8-10-21-37/h5,7-31,33-34,52H,1,6,32H2,2-4H3/b31-7-. The molecule has 0 saturated carbocycles. The first-order valence-corrected chi connectivity index (χ1v) is 19.9. The lowest BCUT2D eigenvalue weighted by atomic mass is 9.59. The number of nitrogens with one attached hydrogen (secondary N) is 1. The second-order valence-corrected chi connectivity index (χ2v) is 15.6. The molecule has 9 rings (SSSR count). The summed E-state index contributed by atoms with van der Waals surface area (Å²) in [6.45, 7) is 10.9. The molecular formula is C51H44N2S. The van der Waals surface area contributed by atoms with Gasteiger partial charge in [0.2, 0.25) is 0 Å². The number of hydrogen-bond acceptors (Lipinski definition) is 2. The van der Waals surface area contributed by atoms with Crippen molar-refractivity contribution in [3.63, 3.8) is 0 Å². The number of thioether (sulfide) groups is 1. The van der Waals surface area contributed by atoms with E-state index in [1.54, 1.807) is 0 Å². The van der Waals surface area contributed by atoms with E-state index in [9.17, 15) is 0 Å². The number of rotatable bonds is 9. The van der Waals surface area contributed by atoms with E-state index in [4.69, 9.17) is 0 Å². The molecule has 0 radical (unpaired) electrons. The first-order valence-electron chi connectivity index (χ1n) is 19.1. The van der Waals surface area contributed by atoms with E-state index in [2.05, 4.69) is 183 Å². The molecule has 6 aromatic carbocycles. The molecule has 264 valence electrons. The van der Waals surface area contributed by atoms with Crippen LogP contribution in [0.3, 0.4) is 0 Å². The van der Waals surface area contributed by atoms with Gasteiger partial charge in [-0.15, -0.1) is 0 Å². The zero-order valence-corrected chi connectivity index (χ0v) is 32.0. The molecule has 2 nitrogen and oxygen atoms in total. The molecule has 0 bridgehead atoms. The Morgan fingerprint density at radius 1 is 0.778 bits per heavy atom.